The third kappa shape index (κ3) is 1.36. The Morgan fingerprint density at radius 2 is 2.35 bits per heavy atom. The van der Waals surface area contributed by atoms with Gasteiger partial charge in [0.2, 0.25) is 0 Å². The van der Waals surface area contributed by atoms with Gasteiger partial charge in [-0.2, -0.15) is 4.99 Å². The number of amidine groups is 1. The number of rotatable bonds is 1. The highest BCUT2D eigenvalue weighted by Gasteiger charge is 2.55. The Morgan fingerprint density at radius 3 is 3.05 bits per heavy atom. The van der Waals surface area contributed by atoms with Crippen LogP contribution >= 0.6 is 0 Å². The van der Waals surface area contributed by atoms with Crippen LogP contribution in [0.5, 0.6) is 0 Å². The summed E-state index contributed by atoms with van der Waals surface area (Å²) in [5.74, 6) is 2.46. The third-order valence-electron chi connectivity index (χ3n) is 4.19. The van der Waals surface area contributed by atoms with Crippen LogP contribution in [0.4, 0.5) is 9.18 Å². The molecule has 0 aromatic heterocycles. The van der Waals surface area contributed by atoms with Crippen LogP contribution in [0.3, 0.4) is 0 Å². The molecule has 3 rings (SSSR count). The molecule has 102 valence electrons. The van der Waals surface area contributed by atoms with E-state index in [1.165, 1.54) is 11.0 Å². The Balaban J connectivity index is 2.23. The fourth-order valence-corrected chi connectivity index (χ4v) is 3.26. The van der Waals surface area contributed by atoms with Crippen molar-refractivity contribution in [3.05, 3.63) is 35.1 Å². The molecule has 0 saturated heterocycles. The number of nitrogens with zero attached hydrogens (tertiary/aromatic N) is 2. The second-order valence-corrected chi connectivity index (χ2v) is 5.12. The number of benzene rings is 1. The van der Waals surface area contributed by atoms with Gasteiger partial charge in [-0.15, -0.1) is 6.42 Å². The number of hydrogen-bond donors (Lipinski definition) is 1. The summed E-state index contributed by atoms with van der Waals surface area (Å²) in [7, 11) is 0. The molecular formula is C15H14FN3O. The molecule has 1 heterocycles. The van der Waals surface area contributed by atoms with E-state index in [2.05, 4.69) is 10.9 Å². The van der Waals surface area contributed by atoms with E-state index in [1.807, 2.05) is 0 Å². The number of halogens is 1. The van der Waals surface area contributed by atoms with Crippen molar-refractivity contribution in [2.24, 2.45) is 10.7 Å². The molecule has 1 aromatic carbocycles. The Hall–Kier alpha value is -2.35. The van der Waals surface area contributed by atoms with Gasteiger partial charge >= 0.3 is 6.03 Å². The lowest BCUT2D eigenvalue weighted by molar-refractivity contribution is 0.158. The average Bonchev–Trinajstić information content (AvgIpc) is 2.91. The maximum atomic E-state index is 13.9. The molecule has 0 saturated carbocycles. The SMILES string of the molecule is C#CC(C)N1C(=O)N=C(N)C12CCc1c(F)cccc12. The van der Waals surface area contributed by atoms with E-state index in [0.29, 0.717) is 24.0 Å². The molecule has 2 aliphatic rings. The predicted octanol–water partition coefficient (Wildman–Crippen LogP) is 1.78. The van der Waals surface area contributed by atoms with Gasteiger partial charge in [-0.1, -0.05) is 18.1 Å². The molecule has 0 fully saturated rings. The van der Waals surface area contributed by atoms with Gasteiger partial charge in [-0.3, -0.25) is 4.90 Å². The molecule has 2 N–H and O–H groups in total. The smallest absolute Gasteiger partial charge is 0.347 e. The summed E-state index contributed by atoms with van der Waals surface area (Å²) in [6.07, 6.45) is 6.47. The van der Waals surface area contributed by atoms with Crippen LogP contribution in [0.25, 0.3) is 0 Å². The number of carbonyl (C=O) groups is 1. The lowest BCUT2D eigenvalue weighted by atomic mass is 9.88. The standard InChI is InChI=1S/C15H14FN3O/c1-3-9(2)19-14(20)18-13(17)15(19)8-7-10-11(15)5-4-6-12(10)16/h1,4-6,9H,7-8H2,2H3,(H2,17,18,20). The minimum Gasteiger partial charge on any atom is -0.385 e. The first-order chi connectivity index (χ1) is 9.52. The fourth-order valence-electron chi connectivity index (χ4n) is 3.26. The van der Waals surface area contributed by atoms with E-state index < -0.39 is 17.6 Å². The summed E-state index contributed by atoms with van der Waals surface area (Å²) in [5.41, 5.74) is 6.41. The predicted molar refractivity (Wildman–Crippen MR) is 73.6 cm³/mol. The van der Waals surface area contributed by atoms with E-state index in [0.717, 1.165) is 0 Å². The Bertz CT molecular complexity index is 676. The molecule has 4 nitrogen and oxygen atoms in total. The highest BCUT2D eigenvalue weighted by molar-refractivity contribution is 6.07. The first-order valence-electron chi connectivity index (χ1n) is 6.44. The zero-order valence-electron chi connectivity index (χ0n) is 11.1. The van der Waals surface area contributed by atoms with Crippen molar-refractivity contribution < 1.29 is 9.18 Å². The first-order valence-corrected chi connectivity index (χ1v) is 6.44. The molecule has 2 amide bonds. The van der Waals surface area contributed by atoms with E-state index in [1.54, 1.807) is 19.1 Å². The summed E-state index contributed by atoms with van der Waals surface area (Å²) in [5, 5.41) is 0. The fraction of sp³-hybridized carbons (Fsp3) is 0.333. The van der Waals surface area contributed by atoms with Crippen molar-refractivity contribution in [1.29, 1.82) is 0 Å². The van der Waals surface area contributed by atoms with Crippen molar-refractivity contribution in [2.75, 3.05) is 0 Å². The van der Waals surface area contributed by atoms with Crippen LogP contribution in [-0.2, 0) is 12.0 Å². The van der Waals surface area contributed by atoms with E-state index in [4.69, 9.17) is 12.2 Å². The van der Waals surface area contributed by atoms with Crippen molar-refractivity contribution in [3.63, 3.8) is 0 Å². The van der Waals surface area contributed by atoms with Crippen molar-refractivity contribution >= 4 is 11.9 Å². The second kappa shape index (κ2) is 4.07. The molecule has 0 radical (unpaired) electrons. The number of terminal acetylenes is 1. The van der Waals surface area contributed by atoms with Crippen LogP contribution < -0.4 is 5.73 Å². The van der Waals surface area contributed by atoms with E-state index in [-0.39, 0.29) is 11.7 Å². The third-order valence-corrected chi connectivity index (χ3v) is 4.19. The highest BCUT2D eigenvalue weighted by atomic mass is 19.1. The molecule has 1 aromatic rings. The van der Waals surface area contributed by atoms with Crippen LogP contribution in [0.15, 0.2) is 23.2 Å². The second-order valence-electron chi connectivity index (χ2n) is 5.12. The number of carbonyl (C=O) groups excluding carboxylic acids is 1. The van der Waals surface area contributed by atoms with Crippen molar-refractivity contribution in [2.45, 2.75) is 31.3 Å². The van der Waals surface area contributed by atoms with Crippen molar-refractivity contribution in [1.82, 2.24) is 4.90 Å². The topological polar surface area (TPSA) is 58.7 Å². The van der Waals surface area contributed by atoms with Gasteiger partial charge in [-0.05, 0) is 37.0 Å². The maximum Gasteiger partial charge on any atom is 0.347 e. The molecule has 0 bridgehead atoms. The van der Waals surface area contributed by atoms with Gasteiger partial charge in [0, 0.05) is 0 Å². The normalized spacial score (nSPS) is 25.6. The van der Waals surface area contributed by atoms with Gasteiger partial charge in [0.15, 0.2) is 0 Å². The Kier molecular flexibility index (Phi) is 2.58. The zero-order valence-corrected chi connectivity index (χ0v) is 11.1. The van der Waals surface area contributed by atoms with Gasteiger partial charge in [0.1, 0.15) is 17.2 Å². The molecule has 5 heteroatoms. The highest BCUT2D eigenvalue weighted by Crippen LogP contribution is 2.46. The molecule has 20 heavy (non-hydrogen) atoms. The van der Waals surface area contributed by atoms with Crippen LogP contribution in [0, 0.1) is 18.2 Å². The minimum absolute atomic E-state index is 0.203. The van der Waals surface area contributed by atoms with E-state index in [9.17, 15) is 9.18 Å². The monoisotopic (exact) mass is 271 g/mol. The molecule has 1 aliphatic heterocycles. The summed E-state index contributed by atoms with van der Waals surface area (Å²) < 4.78 is 13.9. The quantitative estimate of drug-likeness (QED) is 0.791. The summed E-state index contributed by atoms with van der Waals surface area (Å²) in [6, 6.07) is 3.92. The van der Waals surface area contributed by atoms with Gasteiger partial charge in [0.25, 0.3) is 0 Å². The number of fused-ring (bicyclic) bond motifs is 2. The number of aliphatic imine (C=N–C) groups is 1. The van der Waals surface area contributed by atoms with Gasteiger partial charge in [0.05, 0.1) is 6.04 Å². The summed E-state index contributed by atoms with van der Waals surface area (Å²) in [6.45, 7) is 1.74. The maximum absolute atomic E-state index is 13.9. The number of nitrogens with two attached hydrogens (primary N) is 1. The first kappa shape index (κ1) is 12.7. The summed E-state index contributed by atoms with van der Waals surface area (Å²) >= 11 is 0. The summed E-state index contributed by atoms with van der Waals surface area (Å²) in [4.78, 5) is 17.5. The molecule has 1 spiro atoms. The van der Waals surface area contributed by atoms with Crippen molar-refractivity contribution in [3.8, 4) is 12.3 Å². The number of amides is 2. The average molecular weight is 271 g/mol. The van der Waals surface area contributed by atoms with Crippen LogP contribution in [0.1, 0.15) is 24.5 Å². The minimum atomic E-state index is -0.889. The lowest BCUT2D eigenvalue weighted by Crippen LogP contribution is -2.53. The number of urea groups is 1. The zero-order chi connectivity index (χ0) is 14.5. The Morgan fingerprint density at radius 1 is 1.60 bits per heavy atom. The molecule has 1 aliphatic carbocycles. The van der Waals surface area contributed by atoms with Gasteiger partial charge < -0.3 is 5.73 Å². The van der Waals surface area contributed by atoms with E-state index >= 15 is 0 Å². The largest absolute Gasteiger partial charge is 0.385 e. The van der Waals surface area contributed by atoms with Gasteiger partial charge in [-0.25, -0.2) is 9.18 Å². The molecule has 2 atom stereocenters. The number of hydrogen-bond acceptors (Lipinski definition) is 2. The molecular weight excluding hydrogens is 257 g/mol. The van der Waals surface area contributed by atoms with Crippen LogP contribution in [0.2, 0.25) is 0 Å². The molecule has 2 unspecified atom stereocenters. The lowest BCUT2D eigenvalue weighted by Gasteiger charge is -2.37. The Labute approximate surface area is 116 Å². The van der Waals surface area contributed by atoms with Crippen LogP contribution in [-0.4, -0.2) is 22.8 Å².